The van der Waals surface area contributed by atoms with Gasteiger partial charge in [-0.2, -0.15) is 14.8 Å². The van der Waals surface area contributed by atoms with E-state index in [4.69, 9.17) is 5.73 Å². The minimum Gasteiger partial charge on any atom is -0.368 e. The van der Waals surface area contributed by atoms with Crippen molar-refractivity contribution in [1.29, 1.82) is 0 Å². The molecule has 3 heterocycles. The number of nitrogen functional groups attached to an aromatic ring is 1. The molecule has 1 aliphatic heterocycles. The molecule has 1 aliphatic rings. The lowest BCUT2D eigenvalue weighted by Gasteiger charge is -2.40. The number of halogens is 3. The van der Waals surface area contributed by atoms with Gasteiger partial charge in [-0.15, -0.1) is 13.2 Å². The summed E-state index contributed by atoms with van der Waals surface area (Å²) in [5.74, 6) is 0.605. The molecule has 0 saturated carbocycles. The third kappa shape index (κ3) is 2.69. The predicted molar refractivity (Wildman–Crippen MR) is 74.0 cm³/mol. The molecule has 0 atom stereocenters. The summed E-state index contributed by atoms with van der Waals surface area (Å²) < 4.78 is 37.7. The van der Waals surface area contributed by atoms with Gasteiger partial charge in [-0.1, -0.05) is 0 Å². The van der Waals surface area contributed by atoms with Crippen LogP contribution in [0.25, 0.3) is 11.3 Å². The van der Waals surface area contributed by atoms with Gasteiger partial charge in [0.1, 0.15) is 5.82 Å². The normalized spacial score (nSPS) is 15.9. The summed E-state index contributed by atoms with van der Waals surface area (Å²) in [4.78, 5) is 10.1. The van der Waals surface area contributed by atoms with E-state index in [1.54, 1.807) is 6.07 Å². The second kappa shape index (κ2) is 5.13. The highest BCUT2D eigenvalue weighted by molar-refractivity contribution is 5.63. The quantitative estimate of drug-likeness (QED) is 0.872. The molecule has 3 rings (SSSR count). The molecule has 0 spiro atoms. The van der Waals surface area contributed by atoms with Crippen LogP contribution in [-0.4, -0.2) is 45.9 Å². The minimum atomic E-state index is -4.56. The van der Waals surface area contributed by atoms with E-state index in [9.17, 15) is 13.2 Å². The summed E-state index contributed by atoms with van der Waals surface area (Å²) in [6, 6.07) is 1.98. The Morgan fingerprint density at radius 3 is 2.64 bits per heavy atom. The summed E-state index contributed by atoms with van der Waals surface area (Å²) in [5, 5.41) is 6.42. The molecule has 1 saturated heterocycles. The third-order valence-electron chi connectivity index (χ3n) is 3.48. The number of rotatable bonds is 3. The first-order valence-electron chi connectivity index (χ1n) is 6.56. The van der Waals surface area contributed by atoms with Crippen molar-refractivity contribution >= 4 is 11.8 Å². The zero-order chi connectivity index (χ0) is 15.9. The first-order valence-corrected chi connectivity index (χ1v) is 6.56. The number of anilines is 2. The molecule has 1 fully saturated rings. The minimum absolute atomic E-state index is 0.0140. The van der Waals surface area contributed by atoms with Crippen molar-refractivity contribution in [3.8, 4) is 11.3 Å². The van der Waals surface area contributed by atoms with E-state index < -0.39 is 6.30 Å². The van der Waals surface area contributed by atoms with Crippen molar-refractivity contribution < 1.29 is 13.2 Å². The average Bonchev–Trinajstić information content (AvgIpc) is 2.86. The van der Waals surface area contributed by atoms with Gasteiger partial charge in [-0.05, 0) is 7.05 Å². The number of nitrogens with two attached hydrogens (primary N) is 1. The number of nitrogens with zero attached hydrogens (tertiary/aromatic N) is 5. The van der Waals surface area contributed by atoms with Crippen molar-refractivity contribution in [2.24, 2.45) is 0 Å². The van der Waals surface area contributed by atoms with Crippen LogP contribution in [0.1, 0.15) is 0 Å². The van der Waals surface area contributed by atoms with Crippen LogP contribution in [0.2, 0.25) is 0 Å². The smallest absolute Gasteiger partial charge is 0.368 e. The summed E-state index contributed by atoms with van der Waals surface area (Å²) in [7, 11) is 1.87. The Hall–Kier alpha value is -2.36. The van der Waals surface area contributed by atoms with E-state index in [2.05, 4.69) is 20.4 Å². The Kier molecular flexibility index (Phi) is 3.39. The van der Waals surface area contributed by atoms with Gasteiger partial charge < -0.3 is 16.0 Å². The first-order chi connectivity index (χ1) is 10.4. The highest BCUT2D eigenvalue weighted by Gasteiger charge is 2.32. The molecule has 22 heavy (non-hydrogen) atoms. The largest absolute Gasteiger partial charge is 0.504 e. The number of hydrogen-bond acceptors (Lipinski definition) is 6. The van der Waals surface area contributed by atoms with Crippen LogP contribution in [0.5, 0.6) is 0 Å². The first kappa shape index (κ1) is 14.6. The Balaban J connectivity index is 1.88. The lowest BCUT2D eigenvalue weighted by atomic mass is 10.1. The van der Waals surface area contributed by atoms with Crippen molar-refractivity contribution in [3.05, 3.63) is 18.5 Å². The molecule has 0 unspecified atom stereocenters. The molecule has 7 nitrogen and oxygen atoms in total. The predicted octanol–water partition coefficient (Wildman–Crippen LogP) is 0.807. The van der Waals surface area contributed by atoms with Gasteiger partial charge in [0.05, 0.1) is 11.9 Å². The molecule has 118 valence electrons. The number of alkyl halides is 3. The van der Waals surface area contributed by atoms with Gasteiger partial charge in [0.15, 0.2) is 0 Å². The maximum Gasteiger partial charge on any atom is 0.504 e. The van der Waals surface area contributed by atoms with E-state index >= 15 is 0 Å². The lowest BCUT2D eigenvalue weighted by molar-refractivity contribution is -0.212. The van der Waals surface area contributed by atoms with E-state index in [-0.39, 0.29) is 16.2 Å². The van der Waals surface area contributed by atoms with Crippen LogP contribution < -0.4 is 16.0 Å². The SMILES string of the molecule is CNC1CN(c2cc(-c3cnn(C(F)(F)F)c3)nc(N)n2)C1. The van der Waals surface area contributed by atoms with Gasteiger partial charge >= 0.3 is 6.30 Å². The maximum atomic E-state index is 12.6. The number of likely N-dealkylation sites (N-methyl/N-ethyl adjacent to an activating group) is 1. The summed E-state index contributed by atoms with van der Waals surface area (Å²) in [5.41, 5.74) is 6.20. The van der Waals surface area contributed by atoms with Crippen LogP contribution in [0, 0.1) is 0 Å². The molecule has 0 amide bonds. The second-order valence-electron chi connectivity index (χ2n) is 5.00. The Bertz CT molecular complexity index is 676. The summed E-state index contributed by atoms with van der Waals surface area (Å²) >= 11 is 0. The van der Waals surface area contributed by atoms with Crippen LogP contribution >= 0.6 is 0 Å². The highest BCUT2D eigenvalue weighted by atomic mass is 19.4. The van der Waals surface area contributed by atoms with Crippen molar-refractivity contribution in [3.63, 3.8) is 0 Å². The molecule has 10 heteroatoms. The Morgan fingerprint density at radius 2 is 2.05 bits per heavy atom. The topological polar surface area (TPSA) is 84.9 Å². The van der Waals surface area contributed by atoms with Crippen LogP contribution in [0.3, 0.4) is 0 Å². The molecule has 0 bridgehead atoms. The van der Waals surface area contributed by atoms with Gasteiger partial charge in [0, 0.05) is 37.0 Å². The fourth-order valence-electron chi connectivity index (χ4n) is 2.20. The number of aromatic nitrogens is 4. The summed E-state index contributed by atoms with van der Waals surface area (Å²) in [6.07, 6.45) is -2.58. The van der Waals surface area contributed by atoms with E-state index in [1.807, 2.05) is 11.9 Å². The van der Waals surface area contributed by atoms with Crippen molar-refractivity contribution in [2.75, 3.05) is 30.8 Å². The van der Waals surface area contributed by atoms with Crippen LogP contribution in [0.4, 0.5) is 24.9 Å². The molecule has 2 aromatic heterocycles. The average molecular weight is 313 g/mol. The third-order valence-corrected chi connectivity index (χ3v) is 3.48. The molecule has 2 aromatic rings. The number of hydrogen-bond donors (Lipinski definition) is 2. The van der Waals surface area contributed by atoms with E-state index in [1.165, 1.54) is 0 Å². The zero-order valence-corrected chi connectivity index (χ0v) is 11.7. The molecular weight excluding hydrogens is 299 g/mol. The fourth-order valence-corrected chi connectivity index (χ4v) is 2.20. The summed E-state index contributed by atoms with van der Waals surface area (Å²) in [6.45, 7) is 1.52. The van der Waals surface area contributed by atoms with Gasteiger partial charge in [0.25, 0.3) is 0 Å². The lowest BCUT2D eigenvalue weighted by Crippen LogP contribution is -2.57. The van der Waals surface area contributed by atoms with E-state index in [0.29, 0.717) is 17.6 Å². The maximum absolute atomic E-state index is 12.6. The van der Waals surface area contributed by atoms with Crippen LogP contribution in [0.15, 0.2) is 18.5 Å². The Morgan fingerprint density at radius 1 is 1.32 bits per heavy atom. The van der Waals surface area contributed by atoms with Crippen molar-refractivity contribution in [1.82, 2.24) is 25.1 Å². The monoisotopic (exact) mass is 313 g/mol. The number of nitrogens with one attached hydrogen (secondary N) is 1. The molecule has 0 radical (unpaired) electrons. The van der Waals surface area contributed by atoms with Crippen LogP contribution in [-0.2, 0) is 6.30 Å². The second-order valence-corrected chi connectivity index (χ2v) is 5.00. The standard InChI is InChI=1S/C12H14F3N7/c1-17-8-5-21(6-8)10-2-9(19-11(16)20-10)7-3-18-22(4-7)12(13,14)15/h2-4,8,17H,5-6H2,1H3,(H2,16,19,20). The molecule has 0 aromatic carbocycles. The highest BCUT2D eigenvalue weighted by Crippen LogP contribution is 2.28. The zero-order valence-electron chi connectivity index (χ0n) is 11.7. The van der Waals surface area contributed by atoms with Gasteiger partial charge in [-0.25, -0.2) is 4.98 Å². The van der Waals surface area contributed by atoms with Gasteiger partial charge in [0.2, 0.25) is 5.95 Å². The van der Waals surface area contributed by atoms with Crippen molar-refractivity contribution in [2.45, 2.75) is 12.3 Å². The molecule has 3 N–H and O–H groups in total. The van der Waals surface area contributed by atoms with E-state index in [0.717, 1.165) is 25.5 Å². The van der Waals surface area contributed by atoms with Gasteiger partial charge in [-0.3, -0.25) is 0 Å². The molecular formula is C12H14F3N7. The molecule has 0 aliphatic carbocycles. The fraction of sp³-hybridized carbons (Fsp3) is 0.417. The Labute approximate surface area is 124 Å².